The Balaban J connectivity index is 1.58. The van der Waals surface area contributed by atoms with Crippen LogP contribution in [-0.4, -0.2) is 61.5 Å². The maximum absolute atomic E-state index is 12.5. The number of nitrogens with zero attached hydrogens (tertiary/aromatic N) is 2. The number of carbonyl (C=O) groups is 1. The van der Waals surface area contributed by atoms with Crippen LogP contribution in [0.25, 0.3) is 0 Å². The number of nitrogens with one attached hydrogen (secondary N) is 1. The Morgan fingerprint density at radius 1 is 1.06 bits per heavy atom. The first-order chi connectivity index (χ1) is 8.30. The van der Waals surface area contributed by atoms with Gasteiger partial charge in [0, 0.05) is 45.8 Å². The second-order valence-corrected chi connectivity index (χ2v) is 5.81. The van der Waals surface area contributed by atoms with Gasteiger partial charge in [-0.15, -0.1) is 0 Å². The van der Waals surface area contributed by atoms with Gasteiger partial charge in [-0.25, -0.2) is 0 Å². The molecule has 3 fully saturated rings. The van der Waals surface area contributed by atoms with Gasteiger partial charge in [0.15, 0.2) is 0 Å². The predicted octanol–water partition coefficient (Wildman–Crippen LogP) is 0.294. The molecule has 3 aliphatic rings. The van der Waals surface area contributed by atoms with E-state index in [1.54, 1.807) is 0 Å². The molecule has 96 valence electrons. The molecule has 0 spiro atoms. The Kier molecular flexibility index (Phi) is 3.09. The first-order valence-corrected chi connectivity index (χ1v) is 7.03. The zero-order chi connectivity index (χ0) is 11.7. The molecule has 2 heterocycles. The highest BCUT2D eigenvalue weighted by atomic mass is 16.2. The molecule has 4 nitrogen and oxygen atoms in total. The minimum absolute atomic E-state index is 0.0156. The van der Waals surface area contributed by atoms with Crippen molar-refractivity contribution in [3.05, 3.63) is 0 Å². The topological polar surface area (TPSA) is 35.6 Å². The lowest BCUT2D eigenvalue weighted by Gasteiger charge is -2.32. The predicted molar refractivity (Wildman–Crippen MR) is 66.8 cm³/mol. The molecule has 1 aliphatic carbocycles. The van der Waals surface area contributed by atoms with Crippen molar-refractivity contribution in [3.8, 4) is 0 Å². The van der Waals surface area contributed by atoms with Crippen LogP contribution in [0.3, 0.4) is 0 Å². The van der Waals surface area contributed by atoms with Crippen LogP contribution in [0.4, 0.5) is 0 Å². The smallest absolute Gasteiger partial charge is 0.230 e. The van der Waals surface area contributed by atoms with E-state index in [1.807, 2.05) is 0 Å². The van der Waals surface area contributed by atoms with Crippen LogP contribution in [0.5, 0.6) is 0 Å². The molecule has 0 aromatic rings. The number of hydrogen-bond acceptors (Lipinski definition) is 3. The van der Waals surface area contributed by atoms with Crippen LogP contribution in [0, 0.1) is 5.41 Å². The summed E-state index contributed by atoms with van der Waals surface area (Å²) in [5.41, 5.74) is 0.0156. The highest BCUT2D eigenvalue weighted by Crippen LogP contribution is 2.48. The van der Waals surface area contributed by atoms with Crippen LogP contribution in [-0.2, 0) is 4.79 Å². The normalized spacial score (nSPS) is 28.4. The molecule has 2 saturated heterocycles. The molecule has 0 aromatic heterocycles. The van der Waals surface area contributed by atoms with Crippen molar-refractivity contribution < 1.29 is 4.79 Å². The van der Waals surface area contributed by atoms with Gasteiger partial charge in [-0.2, -0.15) is 0 Å². The molecule has 0 atom stereocenters. The van der Waals surface area contributed by atoms with Crippen molar-refractivity contribution in [2.75, 3.05) is 45.8 Å². The third kappa shape index (κ3) is 2.33. The van der Waals surface area contributed by atoms with E-state index in [1.165, 1.54) is 12.8 Å². The van der Waals surface area contributed by atoms with Crippen LogP contribution >= 0.6 is 0 Å². The second kappa shape index (κ2) is 4.58. The Hall–Kier alpha value is -0.610. The Morgan fingerprint density at radius 3 is 2.29 bits per heavy atom. The lowest BCUT2D eigenvalue weighted by Crippen LogP contribution is -2.48. The zero-order valence-corrected chi connectivity index (χ0v) is 10.6. The first-order valence-electron chi connectivity index (χ1n) is 7.03. The quantitative estimate of drug-likeness (QED) is 0.766. The van der Waals surface area contributed by atoms with E-state index < -0.39 is 0 Å². The molecule has 1 amide bonds. The minimum atomic E-state index is 0.0156. The Morgan fingerprint density at radius 2 is 1.71 bits per heavy atom. The fourth-order valence-corrected chi connectivity index (χ4v) is 3.14. The van der Waals surface area contributed by atoms with Crippen LogP contribution < -0.4 is 5.32 Å². The summed E-state index contributed by atoms with van der Waals surface area (Å²) in [5, 5.41) is 3.37. The van der Waals surface area contributed by atoms with Crippen molar-refractivity contribution in [2.45, 2.75) is 25.7 Å². The third-order valence-corrected chi connectivity index (χ3v) is 4.44. The number of rotatable bonds is 3. The van der Waals surface area contributed by atoms with Crippen LogP contribution in [0.2, 0.25) is 0 Å². The highest BCUT2D eigenvalue weighted by molar-refractivity contribution is 5.85. The average molecular weight is 237 g/mol. The van der Waals surface area contributed by atoms with Gasteiger partial charge in [0.25, 0.3) is 0 Å². The SMILES string of the molecule is O=C(N1CCCC1)C1(CN2CCNCC2)CC1. The molecular formula is C13H23N3O. The standard InChI is InChI=1S/C13H23N3O/c17-12(16-7-1-2-8-16)13(3-4-13)11-15-9-5-14-6-10-15/h14H,1-11H2. The molecular weight excluding hydrogens is 214 g/mol. The van der Waals surface area contributed by atoms with Gasteiger partial charge in [0.2, 0.25) is 5.91 Å². The molecule has 1 N–H and O–H groups in total. The van der Waals surface area contributed by atoms with E-state index in [4.69, 9.17) is 0 Å². The number of amides is 1. The summed E-state index contributed by atoms with van der Waals surface area (Å²) in [6, 6.07) is 0. The van der Waals surface area contributed by atoms with Gasteiger partial charge in [0.1, 0.15) is 0 Å². The molecule has 0 radical (unpaired) electrons. The van der Waals surface area contributed by atoms with E-state index in [9.17, 15) is 4.79 Å². The Bertz CT molecular complexity index is 289. The number of piperazine rings is 1. The molecule has 4 heteroatoms. The van der Waals surface area contributed by atoms with Gasteiger partial charge in [-0.1, -0.05) is 0 Å². The van der Waals surface area contributed by atoms with E-state index in [2.05, 4.69) is 15.1 Å². The van der Waals surface area contributed by atoms with Crippen molar-refractivity contribution in [3.63, 3.8) is 0 Å². The fourth-order valence-electron chi connectivity index (χ4n) is 3.14. The minimum Gasteiger partial charge on any atom is -0.342 e. The zero-order valence-electron chi connectivity index (χ0n) is 10.6. The largest absolute Gasteiger partial charge is 0.342 e. The number of carbonyl (C=O) groups excluding carboxylic acids is 1. The summed E-state index contributed by atoms with van der Waals surface area (Å²) in [5.74, 6) is 0.452. The van der Waals surface area contributed by atoms with Gasteiger partial charge < -0.3 is 10.2 Å². The molecule has 0 unspecified atom stereocenters. The average Bonchev–Trinajstić information content (AvgIpc) is 2.94. The highest BCUT2D eigenvalue weighted by Gasteiger charge is 2.52. The molecule has 2 aliphatic heterocycles. The second-order valence-electron chi connectivity index (χ2n) is 5.81. The van der Waals surface area contributed by atoms with Crippen LogP contribution in [0.1, 0.15) is 25.7 Å². The van der Waals surface area contributed by atoms with Gasteiger partial charge >= 0.3 is 0 Å². The van der Waals surface area contributed by atoms with E-state index in [0.717, 1.165) is 58.7 Å². The molecule has 1 saturated carbocycles. The lowest BCUT2D eigenvalue weighted by molar-refractivity contribution is -0.136. The summed E-state index contributed by atoms with van der Waals surface area (Å²) in [7, 11) is 0. The maximum Gasteiger partial charge on any atom is 0.230 e. The van der Waals surface area contributed by atoms with E-state index in [0.29, 0.717) is 5.91 Å². The number of hydrogen-bond donors (Lipinski definition) is 1. The fraction of sp³-hybridized carbons (Fsp3) is 0.923. The van der Waals surface area contributed by atoms with Gasteiger partial charge in [0.05, 0.1) is 5.41 Å². The van der Waals surface area contributed by atoms with Gasteiger partial charge in [-0.05, 0) is 25.7 Å². The number of likely N-dealkylation sites (tertiary alicyclic amines) is 1. The molecule has 3 rings (SSSR count). The van der Waals surface area contributed by atoms with Crippen LogP contribution in [0.15, 0.2) is 0 Å². The molecule has 0 bridgehead atoms. The van der Waals surface area contributed by atoms with Gasteiger partial charge in [-0.3, -0.25) is 9.69 Å². The summed E-state index contributed by atoms with van der Waals surface area (Å²) in [4.78, 5) is 17.1. The first kappa shape index (κ1) is 11.5. The monoisotopic (exact) mass is 237 g/mol. The van der Waals surface area contributed by atoms with Crippen molar-refractivity contribution in [2.24, 2.45) is 5.41 Å². The van der Waals surface area contributed by atoms with E-state index >= 15 is 0 Å². The summed E-state index contributed by atoms with van der Waals surface area (Å²) < 4.78 is 0. The molecule has 17 heavy (non-hydrogen) atoms. The van der Waals surface area contributed by atoms with E-state index in [-0.39, 0.29) is 5.41 Å². The maximum atomic E-state index is 12.5. The summed E-state index contributed by atoms with van der Waals surface area (Å²) >= 11 is 0. The summed E-state index contributed by atoms with van der Waals surface area (Å²) in [6.45, 7) is 7.38. The van der Waals surface area contributed by atoms with Crippen molar-refractivity contribution in [1.82, 2.24) is 15.1 Å². The molecule has 0 aromatic carbocycles. The van der Waals surface area contributed by atoms with Crippen molar-refractivity contribution >= 4 is 5.91 Å². The Labute approximate surface area is 103 Å². The lowest BCUT2D eigenvalue weighted by atomic mass is 10.0. The third-order valence-electron chi connectivity index (χ3n) is 4.44. The van der Waals surface area contributed by atoms with Crippen molar-refractivity contribution in [1.29, 1.82) is 0 Å². The summed E-state index contributed by atoms with van der Waals surface area (Å²) in [6.07, 6.45) is 4.64.